The fraction of sp³-hybridized carbons (Fsp3) is 0.312. The number of aliphatic hydroxyl groups is 1. The molecule has 1 N–H and O–H groups in total. The zero-order chi connectivity index (χ0) is 14.7. The largest absolute Gasteiger partial charge is 0.497 e. The van der Waals surface area contributed by atoms with Gasteiger partial charge in [0.2, 0.25) is 0 Å². The Morgan fingerprint density at radius 1 is 1.00 bits per heavy atom. The van der Waals surface area contributed by atoms with Crippen LogP contribution in [-0.4, -0.2) is 24.3 Å². The van der Waals surface area contributed by atoms with E-state index < -0.39 is 6.10 Å². The van der Waals surface area contributed by atoms with Crippen LogP contribution in [0, 0.1) is 13.8 Å². The average molecular weight is 273 g/mol. The summed E-state index contributed by atoms with van der Waals surface area (Å²) in [5, 5.41) is 10.6. The fourth-order valence-electron chi connectivity index (χ4n) is 2.21. The van der Waals surface area contributed by atoms with Gasteiger partial charge in [0.05, 0.1) is 14.2 Å². The van der Waals surface area contributed by atoms with Gasteiger partial charge in [0.25, 0.3) is 0 Å². The highest BCUT2D eigenvalue weighted by molar-refractivity contribution is 5.45. The molecule has 0 fully saturated rings. The molecule has 0 saturated heterocycles. The Morgan fingerprint density at radius 2 is 1.75 bits per heavy atom. The Hall–Kier alpha value is -2.07. The SMILES string of the molecule is COc1ccc(OC)c(C(O)c2ccc(C)nc2C)c1. The third-order valence-corrected chi connectivity index (χ3v) is 3.29. The van der Waals surface area contributed by atoms with Crippen LogP contribution in [0.5, 0.6) is 11.5 Å². The quantitative estimate of drug-likeness (QED) is 0.930. The Balaban J connectivity index is 2.48. The molecule has 0 spiro atoms. The second kappa shape index (κ2) is 5.92. The summed E-state index contributed by atoms with van der Waals surface area (Å²) < 4.78 is 10.5. The Morgan fingerprint density at radius 3 is 2.35 bits per heavy atom. The van der Waals surface area contributed by atoms with Crippen molar-refractivity contribution in [1.82, 2.24) is 4.98 Å². The molecule has 1 unspecified atom stereocenters. The van der Waals surface area contributed by atoms with Gasteiger partial charge in [-0.05, 0) is 38.1 Å². The zero-order valence-corrected chi connectivity index (χ0v) is 12.2. The maximum atomic E-state index is 10.6. The van der Waals surface area contributed by atoms with Gasteiger partial charge in [-0.15, -0.1) is 0 Å². The molecule has 0 radical (unpaired) electrons. The van der Waals surface area contributed by atoms with Crippen molar-refractivity contribution in [2.24, 2.45) is 0 Å². The van der Waals surface area contributed by atoms with E-state index in [1.165, 1.54) is 0 Å². The zero-order valence-electron chi connectivity index (χ0n) is 12.2. The van der Waals surface area contributed by atoms with E-state index in [0.717, 1.165) is 17.0 Å². The first-order valence-electron chi connectivity index (χ1n) is 6.41. The van der Waals surface area contributed by atoms with Crippen molar-refractivity contribution in [3.8, 4) is 11.5 Å². The topological polar surface area (TPSA) is 51.6 Å². The standard InChI is InChI=1S/C16H19NO3/c1-10-5-7-13(11(2)17-10)16(18)14-9-12(19-3)6-8-15(14)20-4/h5-9,16,18H,1-4H3. The molecular weight excluding hydrogens is 254 g/mol. The second-order valence-corrected chi connectivity index (χ2v) is 4.64. The molecule has 0 aliphatic carbocycles. The number of rotatable bonds is 4. The Bertz CT molecular complexity index is 611. The van der Waals surface area contributed by atoms with Gasteiger partial charge in [0.1, 0.15) is 17.6 Å². The molecule has 1 atom stereocenters. The summed E-state index contributed by atoms with van der Waals surface area (Å²) in [6, 6.07) is 9.14. The minimum absolute atomic E-state index is 0.623. The first-order chi connectivity index (χ1) is 9.56. The van der Waals surface area contributed by atoms with Crippen LogP contribution in [0.3, 0.4) is 0 Å². The van der Waals surface area contributed by atoms with Gasteiger partial charge in [0.15, 0.2) is 0 Å². The van der Waals surface area contributed by atoms with E-state index >= 15 is 0 Å². The summed E-state index contributed by atoms with van der Waals surface area (Å²) in [5.74, 6) is 1.30. The summed E-state index contributed by atoms with van der Waals surface area (Å²) in [6.07, 6.45) is -0.798. The van der Waals surface area contributed by atoms with Crippen molar-refractivity contribution in [3.63, 3.8) is 0 Å². The van der Waals surface area contributed by atoms with E-state index in [0.29, 0.717) is 17.1 Å². The van der Waals surface area contributed by atoms with E-state index in [1.54, 1.807) is 32.4 Å². The Labute approximate surface area is 119 Å². The fourth-order valence-corrected chi connectivity index (χ4v) is 2.21. The summed E-state index contributed by atoms with van der Waals surface area (Å²) in [4.78, 5) is 4.39. The summed E-state index contributed by atoms with van der Waals surface area (Å²) in [5.41, 5.74) is 3.17. The van der Waals surface area contributed by atoms with Crippen LogP contribution in [-0.2, 0) is 0 Å². The van der Waals surface area contributed by atoms with E-state index in [9.17, 15) is 5.11 Å². The van der Waals surface area contributed by atoms with Crippen molar-refractivity contribution in [2.45, 2.75) is 20.0 Å². The van der Waals surface area contributed by atoms with E-state index in [1.807, 2.05) is 26.0 Å². The highest BCUT2D eigenvalue weighted by Crippen LogP contribution is 2.33. The van der Waals surface area contributed by atoms with Gasteiger partial charge >= 0.3 is 0 Å². The molecule has 0 amide bonds. The van der Waals surface area contributed by atoms with Crippen LogP contribution in [0.15, 0.2) is 30.3 Å². The molecule has 106 valence electrons. The lowest BCUT2D eigenvalue weighted by molar-refractivity contribution is 0.213. The highest BCUT2D eigenvalue weighted by Gasteiger charge is 2.18. The Kier molecular flexibility index (Phi) is 4.25. The number of benzene rings is 1. The van der Waals surface area contributed by atoms with Crippen molar-refractivity contribution in [1.29, 1.82) is 0 Å². The minimum atomic E-state index is -0.798. The predicted molar refractivity (Wildman–Crippen MR) is 77.3 cm³/mol. The maximum absolute atomic E-state index is 10.6. The van der Waals surface area contributed by atoms with Crippen LogP contribution < -0.4 is 9.47 Å². The lowest BCUT2D eigenvalue weighted by Gasteiger charge is -2.17. The maximum Gasteiger partial charge on any atom is 0.125 e. The van der Waals surface area contributed by atoms with Crippen molar-refractivity contribution < 1.29 is 14.6 Å². The van der Waals surface area contributed by atoms with Crippen LogP contribution in [0.1, 0.15) is 28.6 Å². The monoisotopic (exact) mass is 273 g/mol. The van der Waals surface area contributed by atoms with Gasteiger partial charge in [-0.1, -0.05) is 6.07 Å². The molecule has 0 aliphatic rings. The molecule has 0 saturated carbocycles. The van der Waals surface area contributed by atoms with Gasteiger partial charge in [-0.25, -0.2) is 0 Å². The molecule has 1 heterocycles. The van der Waals surface area contributed by atoms with Crippen LogP contribution in [0.2, 0.25) is 0 Å². The average Bonchev–Trinajstić information content (AvgIpc) is 2.46. The third-order valence-electron chi connectivity index (χ3n) is 3.29. The lowest BCUT2D eigenvalue weighted by Crippen LogP contribution is -2.06. The van der Waals surface area contributed by atoms with E-state index in [4.69, 9.17) is 9.47 Å². The predicted octanol–water partition coefficient (Wildman–Crippen LogP) is 2.80. The molecule has 2 aromatic rings. The highest BCUT2D eigenvalue weighted by atomic mass is 16.5. The molecule has 4 nitrogen and oxygen atoms in total. The van der Waals surface area contributed by atoms with Gasteiger partial charge in [-0.3, -0.25) is 4.98 Å². The number of aliphatic hydroxyl groups excluding tert-OH is 1. The summed E-state index contributed by atoms with van der Waals surface area (Å²) in [6.45, 7) is 3.81. The van der Waals surface area contributed by atoms with Crippen LogP contribution >= 0.6 is 0 Å². The van der Waals surface area contributed by atoms with Crippen LogP contribution in [0.4, 0.5) is 0 Å². The molecule has 2 rings (SSSR count). The molecule has 1 aromatic carbocycles. The molecule has 0 aliphatic heterocycles. The molecule has 4 heteroatoms. The molecule has 0 bridgehead atoms. The minimum Gasteiger partial charge on any atom is -0.497 e. The van der Waals surface area contributed by atoms with E-state index in [2.05, 4.69) is 4.98 Å². The lowest BCUT2D eigenvalue weighted by atomic mass is 9.99. The van der Waals surface area contributed by atoms with Crippen molar-refractivity contribution >= 4 is 0 Å². The number of ether oxygens (including phenoxy) is 2. The van der Waals surface area contributed by atoms with Crippen LogP contribution in [0.25, 0.3) is 0 Å². The first-order valence-corrected chi connectivity index (χ1v) is 6.41. The number of aromatic nitrogens is 1. The number of nitrogens with zero attached hydrogens (tertiary/aromatic N) is 1. The third kappa shape index (κ3) is 2.75. The number of aryl methyl sites for hydroxylation is 2. The smallest absolute Gasteiger partial charge is 0.125 e. The summed E-state index contributed by atoms with van der Waals surface area (Å²) in [7, 11) is 3.18. The van der Waals surface area contributed by atoms with Crippen molar-refractivity contribution in [3.05, 3.63) is 52.8 Å². The number of pyridine rings is 1. The van der Waals surface area contributed by atoms with E-state index in [-0.39, 0.29) is 0 Å². The molecular formula is C16H19NO3. The number of methoxy groups -OCH3 is 2. The van der Waals surface area contributed by atoms with Gasteiger partial charge < -0.3 is 14.6 Å². The molecule has 1 aromatic heterocycles. The number of hydrogen-bond donors (Lipinski definition) is 1. The van der Waals surface area contributed by atoms with Gasteiger partial charge in [0, 0.05) is 22.5 Å². The normalized spacial score (nSPS) is 12.1. The first kappa shape index (κ1) is 14.3. The van der Waals surface area contributed by atoms with Gasteiger partial charge in [-0.2, -0.15) is 0 Å². The second-order valence-electron chi connectivity index (χ2n) is 4.64. The van der Waals surface area contributed by atoms with Crippen molar-refractivity contribution in [2.75, 3.05) is 14.2 Å². The number of hydrogen-bond acceptors (Lipinski definition) is 4. The molecule has 20 heavy (non-hydrogen) atoms. The summed E-state index contributed by atoms with van der Waals surface area (Å²) >= 11 is 0.